The Balaban J connectivity index is 1.98. The maximum Gasteiger partial charge on any atom is 0.313 e. The van der Waals surface area contributed by atoms with Crippen LogP contribution in [0, 0.1) is 0 Å². The summed E-state index contributed by atoms with van der Waals surface area (Å²) >= 11 is 0. The Morgan fingerprint density at radius 1 is 0.960 bits per heavy atom. The number of rotatable bonds is 2. The summed E-state index contributed by atoms with van der Waals surface area (Å²) in [5.41, 5.74) is 1.27. The molecule has 1 heterocycles. The fourth-order valence-corrected chi connectivity index (χ4v) is 4.68. The van der Waals surface area contributed by atoms with Crippen molar-refractivity contribution in [2.45, 2.75) is 43.6 Å². The van der Waals surface area contributed by atoms with E-state index in [0.717, 1.165) is 37.8 Å². The van der Waals surface area contributed by atoms with Crippen molar-refractivity contribution in [3.05, 3.63) is 65.7 Å². The summed E-state index contributed by atoms with van der Waals surface area (Å²) in [6, 6.07) is 16.7. The molecule has 1 aliphatic carbocycles. The second-order valence-corrected chi connectivity index (χ2v) is 7.00. The minimum absolute atomic E-state index is 0.0822. The molecule has 1 amide bonds. The van der Waals surface area contributed by atoms with E-state index < -0.39 is 17.4 Å². The van der Waals surface area contributed by atoms with E-state index in [9.17, 15) is 14.7 Å². The Kier molecular flexibility index (Phi) is 3.83. The number of nitrogens with zero attached hydrogens (tertiary/aromatic N) is 1. The first kappa shape index (κ1) is 15.9. The number of benzene rings is 2. The Morgan fingerprint density at radius 3 is 2.28 bits per heavy atom. The molecule has 2 aromatic carbocycles. The lowest BCUT2D eigenvalue weighted by atomic mass is 9.65. The van der Waals surface area contributed by atoms with Crippen LogP contribution in [-0.4, -0.2) is 22.5 Å². The predicted octanol–water partition coefficient (Wildman–Crippen LogP) is 4.22. The lowest BCUT2D eigenvalue weighted by Crippen LogP contribution is -2.61. The summed E-state index contributed by atoms with van der Waals surface area (Å²) in [6.07, 6.45) is 4.43. The Bertz CT molecular complexity index is 809. The monoisotopic (exact) mass is 335 g/mol. The first-order valence-electron chi connectivity index (χ1n) is 8.86. The summed E-state index contributed by atoms with van der Waals surface area (Å²) in [6.45, 7) is 0. The van der Waals surface area contributed by atoms with Crippen molar-refractivity contribution >= 4 is 17.6 Å². The molecule has 1 saturated carbocycles. The van der Waals surface area contributed by atoms with E-state index in [-0.39, 0.29) is 5.91 Å². The molecule has 4 nitrogen and oxygen atoms in total. The van der Waals surface area contributed by atoms with Gasteiger partial charge in [0.05, 0.1) is 5.54 Å². The summed E-state index contributed by atoms with van der Waals surface area (Å²) < 4.78 is 0. The first-order valence-corrected chi connectivity index (χ1v) is 8.86. The van der Waals surface area contributed by atoms with Gasteiger partial charge in [0.2, 0.25) is 0 Å². The highest BCUT2D eigenvalue weighted by Gasteiger charge is 2.55. The molecule has 4 heteroatoms. The van der Waals surface area contributed by atoms with Crippen LogP contribution < -0.4 is 4.90 Å². The molecule has 2 aromatic rings. The normalized spacial score (nSPS) is 21.8. The van der Waals surface area contributed by atoms with Gasteiger partial charge in [-0.3, -0.25) is 9.59 Å². The summed E-state index contributed by atoms with van der Waals surface area (Å²) in [7, 11) is 0. The van der Waals surface area contributed by atoms with Crippen LogP contribution in [0.3, 0.4) is 0 Å². The number of para-hydroxylation sites is 1. The number of anilines is 1. The van der Waals surface area contributed by atoms with E-state index in [4.69, 9.17) is 0 Å². The molecule has 1 fully saturated rings. The minimum Gasteiger partial charge on any atom is -0.481 e. The number of aliphatic carboxylic acids is 1. The third-order valence-corrected chi connectivity index (χ3v) is 5.67. The van der Waals surface area contributed by atoms with Crippen molar-refractivity contribution in [1.29, 1.82) is 0 Å². The molecule has 0 bridgehead atoms. The van der Waals surface area contributed by atoms with Crippen molar-refractivity contribution in [3.8, 4) is 0 Å². The Hall–Kier alpha value is -2.62. The molecule has 128 valence electrons. The van der Waals surface area contributed by atoms with Gasteiger partial charge in [-0.2, -0.15) is 0 Å². The zero-order chi connectivity index (χ0) is 17.4. The third-order valence-electron chi connectivity index (χ3n) is 5.67. The first-order chi connectivity index (χ1) is 12.1. The molecule has 1 N–H and O–H groups in total. The van der Waals surface area contributed by atoms with Crippen LogP contribution in [0.25, 0.3) is 0 Å². The lowest BCUT2D eigenvalue weighted by Gasteiger charge is -2.52. The van der Waals surface area contributed by atoms with Crippen molar-refractivity contribution in [2.24, 2.45) is 0 Å². The number of fused-ring (bicyclic) bond motifs is 1. The van der Waals surface area contributed by atoms with Crippen LogP contribution in [0.15, 0.2) is 54.6 Å². The maximum absolute atomic E-state index is 13.4. The van der Waals surface area contributed by atoms with Gasteiger partial charge in [0, 0.05) is 11.3 Å². The summed E-state index contributed by atoms with van der Waals surface area (Å²) in [5, 5.41) is 10.1. The van der Waals surface area contributed by atoms with Crippen LogP contribution in [-0.2, 0) is 4.79 Å². The fraction of sp³-hybridized carbons (Fsp3) is 0.333. The van der Waals surface area contributed by atoms with E-state index >= 15 is 0 Å². The molecule has 4 rings (SSSR count). The molecule has 0 radical (unpaired) electrons. The SMILES string of the molecule is O=C(O)[C@H]1c2ccccc2C(=O)N(c2ccccc2)C12CCCCC2. The fourth-order valence-electron chi connectivity index (χ4n) is 4.68. The van der Waals surface area contributed by atoms with Crippen molar-refractivity contribution in [1.82, 2.24) is 0 Å². The predicted molar refractivity (Wildman–Crippen MR) is 95.9 cm³/mol. The van der Waals surface area contributed by atoms with E-state index in [1.807, 2.05) is 42.5 Å². The molecule has 1 atom stereocenters. The van der Waals surface area contributed by atoms with Gasteiger partial charge in [0.1, 0.15) is 5.92 Å². The molecule has 2 aliphatic rings. The quantitative estimate of drug-likeness (QED) is 0.894. The van der Waals surface area contributed by atoms with Crippen LogP contribution >= 0.6 is 0 Å². The molecule has 0 unspecified atom stereocenters. The highest BCUT2D eigenvalue weighted by atomic mass is 16.4. The average molecular weight is 335 g/mol. The number of carbonyl (C=O) groups is 2. The van der Waals surface area contributed by atoms with Gasteiger partial charge >= 0.3 is 5.97 Å². The molecule has 1 aliphatic heterocycles. The number of carboxylic acid groups (broad SMARTS) is 1. The number of hydrogen-bond acceptors (Lipinski definition) is 2. The van der Waals surface area contributed by atoms with E-state index in [2.05, 4.69) is 0 Å². The van der Waals surface area contributed by atoms with Gasteiger partial charge in [-0.05, 0) is 36.6 Å². The lowest BCUT2D eigenvalue weighted by molar-refractivity contribution is -0.141. The number of carbonyl (C=O) groups excluding carboxylic acids is 1. The van der Waals surface area contributed by atoms with Gasteiger partial charge < -0.3 is 10.0 Å². The Labute approximate surface area is 147 Å². The third kappa shape index (κ3) is 2.36. The van der Waals surface area contributed by atoms with Gasteiger partial charge in [-0.25, -0.2) is 0 Å². The van der Waals surface area contributed by atoms with Crippen LogP contribution in [0.5, 0.6) is 0 Å². The highest BCUT2D eigenvalue weighted by Crippen LogP contribution is 2.50. The second-order valence-electron chi connectivity index (χ2n) is 7.00. The zero-order valence-electron chi connectivity index (χ0n) is 14.0. The maximum atomic E-state index is 13.4. The molecule has 1 spiro atoms. The van der Waals surface area contributed by atoms with Gasteiger partial charge in [0.25, 0.3) is 5.91 Å². The van der Waals surface area contributed by atoms with E-state index in [1.54, 1.807) is 17.0 Å². The molecular weight excluding hydrogens is 314 g/mol. The molecule has 0 saturated heterocycles. The summed E-state index contributed by atoms with van der Waals surface area (Å²) in [4.78, 5) is 27.5. The van der Waals surface area contributed by atoms with E-state index in [1.165, 1.54) is 0 Å². The average Bonchev–Trinajstić information content (AvgIpc) is 2.63. The van der Waals surface area contributed by atoms with E-state index in [0.29, 0.717) is 11.1 Å². The minimum atomic E-state index is -0.845. The topological polar surface area (TPSA) is 57.6 Å². The number of hydrogen-bond donors (Lipinski definition) is 1. The Morgan fingerprint density at radius 2 is 1.60 bits per heavy atom. The zero-order valence-corrected chi connectivity index (χ0v) is 14.0. The van der Waals surface area contributed by atoms with Crippen LogP contribution in [0.2, 0.25) is 0 Å². The smallest absolute Gasteiger partial charge is 0.313 e. The van der Waals surface area contributed by atoms with Crippen LogP contribution in [0.1, 0.15) is 53.9 Å². The van der Waals surface area contributed by atoms with Gasteiger partial charge in [-0.1, -0.05) is 55.7 Å². The number of amides is 1. The number of carboxylic acids is 1. The molecule has 0 aromatic heterocycles. The second kappa shape index (κ2) is 6.03. The van der Waals surface area contributed by atoms with Gasteiger partial charge in [-0.15, -0.1) is 0 Å². The van der Waals surface area contributed by atoms with Gasteiger partial charge in [0.15, 0.2) is 0 Å². The summed E-state index contributed by atoms with van der Waals surface area (Å²) in [5.74, 6) is -1.62. The van der Waals surface area contributed by atoms with Crippen LogP contribution in [0.4, 0.5) is 5.69 Å². The molecular formula is C21H21NO3. The highest BCUT2D eigenvalue weighted by molar-refractivity contribution is 6.11. The van der Waals surface area contributed by atoms with Crippen molar-refractivity contribution in [2.75, 3.05) is 4.90 Å². The van der Waals surface area contributed by atoms with Crippen molar-refractivity contribution in [3.63, 3.8) is 0 Å². The van der Waals surface area contributed by atoms with Crippen molar-refractivity contribution < 1.29 is 14.7 Å². The standard InChI is InChI=1S/C21H21NO3/c23-19-17-12-6-5-11-16(17)18(20(24)25)21(13-7-2-8-14-21)22(19)15-9-3-1-4-10-15/h1,3-6,9-12,18H,2,7-8,13-14H2,(H,24,25)/t18-/m1/s1. The molecule has 25 heavy (non-hydrogen) atoms. The largest absolute Gasteiger partial charge is 0.481 e.